The van der Waals surface area contributed by atoms with Crippen molar-refractivity contribution in [1.82, 2.24) is 10.4 Å². The molecule has 0 aliphatic heterocycles. The number of carbonyl (C=O) groups excluding carboxylic acids is 1. The summed E-state index contributed by atoms with van der Waals surface area (Å²) in [7, 11) is 1.51. The summed E-state index contributed by atoms with van der Waals surface area (Å²) in [6, 6.07) is 16.3. The molecular weight excluding hydrogens is 388 g/mol. The Kier molecular flexibility index (Phi) is 6.67. The van der Waals surface area contributed by atoms with Crippen molar-refractivity contribution >= 4 is 17.8 Å². The van der Waals surface area contributed by atoms with Gasteiger partial charge in [-0.15, -0.1) is 0 Å². The number of nitrogens with one attached hydrogen (secondary N) is 1. The van der Waals surface area contributed by atoms with Crippen LogP contribution in [0.4, 0.5) is 5.69 Å². The maximum Gasteiger partial charge on any atom is 0.289 e. The Balaban J connectivity index is 1.61. The molecule has 0 radical (unpaired) electrons. The van der Waals surface area contributed by atoms with Crippen molar-refractivity contribution in [2.45, 2.75) is 6.61 Å². The van der Waals surface area contributed by atoms with E-state index >= 15 is 0 Å². The average Bonchev–Trinajstić information content (AvgIpc) is 2.78. The standard InChI is InChI=1S/C21H18N4O5/c1-29-20-12-16(13-23-24-21(26)18-4-2-3-11-22-18)7-10-19(20)30-14-15-5-8-17(9-6-15)25(27)28/h2-13H,14H2,1H3,(H,24,26)/b23-13-. The number of hydrazone groups is 1. The number of rotatable bonds is 8. The van der Waals surface area contributed by atoms with Crippen LogP contribution in [-0.4, -0.2) is 29.1 Å². The molecule has 0 saturated heterocycles. The Morgan fingerprint density at radius 2 is 1.97 bits per heavy atom. The lowest BCUT2D eigenvalue weighted by atomic mass is 10.2. The van der Waals surface area contributed by atoms with Gasteiger partial charge in [0, 0.05) is 18.3 Å². The van der Waals surface area contributed by atoms with Gasteiger partial charge in [0.15, 0.2) is 11.5 Å². The minimum Gasteiger partial charge on any atom is -0.493 e. The number of hydrogen-bond donors (Lipinski definition) is 1. The van der Waals surface area contributed by atoms with Crippen LogP contribution in [0.5, 0.6) is 11.5 Å². The van der Waals surface area contributed by atoms with Crippen LogP contribution < -0.4 is 14.9 Å². The van der Waals surface area contributed by atoms with Crippen LogP contribution in [-0.2, 0) is 6.61 Å². The largest absolute Gasteiger partial charge is 0.493 e. The smallest absolute Gasteiger partial charge is 0.289 e. The van der Waals surface area contributed by atoms with Gasteiger partial charge in [-0.1, -0.05) is 6.07 Å². The third kappa shape index (κ3) is 5.38. The molecule has 0 aliphatic carbocycles. The molecule has 9 nitrogen and oxygen atoms in total. The minimum atomic E-state index is -0.452. The first-order chi connectivity index (χ1) is 14.6. The van der Waals surface area contributed by atoms with Crippen LogP contribution in [0, 0.1) is 10.1 Å². The fraction of sp³-hybridized carbons (Fsp3) is 0.0952. The third-order valence-electron chi connectivity index (χ3n) is 4.01. The molecule has 2 aromatic carbocycles. The number of non-ortho nitro benzene ring substituents is 1. The highest BCUT2D eigenvalue weighted by atomic mass is 16.6. The Hall–Kier alpha value is -4.27. The summed E-state index contributed by atoms with van der Waals surface area (Å²) >= 11 is 0. The van der Waals surface area contributed by atoms with E-state index in [0.29, 0.717) is 17.1 Å². The number of nitro benzene ring substituents is 1. The number of ether oxygens (including phenoxy) is 2. The minimum absolute atomic E-state index is 0.0232. The molecule has 0 fully saturated rings. The molecule has 9 heteroatoms. The van der Waals surface area contributed by atoms with Crippen LogP contribution >= 0.6 is 0 Å². The number of carbonyl (C=O) groups is 1. The predicted octanol–water partition coefficient (Wildman–Crippen LogP) is 3.34. The molecule has 30 heavy (non-hydrogen) atoms. The monoisotopic (exact) mass is 406 g/mol. The lowest BCUT2D eigenvalue weighted by molar-refractivity contribution is -0.384. The van der Waals surface area contributed by atoms with Crippen molar-refractivity contribution in [2.24, 2.45) is 5.10 Å². The molecular formula is C21H18N4O5. The molecule has 1 N–H and O–H groups in total. The second-order valence-electron chi connectivity index (χ2n) is 6.04. The van der Waals surface area contributed by atoms with Gasteiger partial charge >= 0.3 is 0 Å². The van der Waals surface area contributed by atoms with Crippen LogP contribution in [0.3, 0.4) is 0 Å². The SMILES string of the molecule is COc1cc(/C=N\NC(=O)c2ccccn2)ccc1OCc1ccc([N+](=O)[O-])cc1. The van der Waals surface area contributed by atoms with Crippen LogP contribution in [0.1, 0.15) is 21.6 Å². The van der Waals surface area contributed by atoms with Crippen molar-refractivity contribution in [1.29, 1.82) is 0 Å². The zero-order valence-corrected chi connectivity index (χ0v) is 16.0. The first kappa shape index (κ1) is 20.5. The molecule has 1 amide bonds. The molecule has 3 rings (SSSR count). The van der Waals surface area contributed by atoms with E-state index in [1.807, 2.05) is 0 Å². The first-order valence-electron chi connectivity index (χ1n) is 8.85. The highest BCUT2D eigenvalue weighted by Gasteiger charge is 2.08. The predicted molar refractivity (Wildman–Crippen MR) is 110 cm³/mol. The second-order valence-corrected chi connectivity index (χ2v) is 6.04. The van der Waals surface area contributed by atoms with Gasteiger partial charge in [-0.05, 0) is 53.6 Å². The van der Waals surface area contributed by atoms with Gasteiger partial charge in [-0.2, -0.15) is 5.10 Å². The molecule has 1 aromatic heterocycles. The van der Waals surface area contributed by atoms with Gasteiger partial charge in [-0.3, -0.25) is 19.9 Å². The van der Waals surface area contributed by atoms with Gasteiger partial charge in [0.1, 0.15) is 12.3 Å². The normalized spacial score (nSPS) is 10.6. The summed E-state index contributed by atoms with van der Waals surface area (Å²) in [4.78, 5) is 26.1. The van der Waals surface area contributed by atoms with E-state index in [1.165, 1.54) is 31.7 Å². The van der Waals surface area contributed by atoms with Gasteiger partial charge in [0.25, 0.3) is 11.6 Å². The number of pyridine rings is 1. The quantitative estimate of drug-likeness (QED) is 0.348. The number of nitrogens with zero attached hydrogens (tertiary/aromatic N) is 3. The Labute approximate surface area is 172 Å². The number of amides is 1. The fourth-order valence-electron chi connectivity index (χ4n) is 2.48. The zero-order valence-electron chi connectivity index (χ0n) is 16.0. The number of nitro groups is 1. The summed E-state index contributed by atoms with van der Waals surface area (Å²) < 4.78 is 11.1. The third-order valence-corrected chi connectivity index (χ3v) is 4.01. The highest BCUT2D eigenvalue weighted by Crippen LogP contribution is 2.28. The van der Waals surface area contributed by atoms with E-state index < -0.39 is 10.8 Å². The van der Waals surface area contributed by atoms with Crippen LogP contribution in [0.15, 0.2) is 72.0 Å². The van der Waals surface area contributed by atoms with Crippen molar-refractivity contribution in [3.63, 3.8) is 0 Å². The highest BCUT2D eigenvalue weighted by molar-refractivity contribution is 5.93. The van der Waals surface area contributed by atoms with Crippen LogP contribution in [0.25, 0.3) is 0 Å². The van der Waals surface area contributed by atoms with Crippen LogP contribution in [0.2, 0.25) is 0 Å². The summed E-state index contributed by atoms with van der Waals surface area (Å²) in [6.07, 6.45) is 3.00. The lowest BCUT2D eigenvalue weighted by Gasteiger charge is -2.11. The molecule has 152 valence electrons. The Morgan fingerprint density at radius 3 is 2.63 bits per heavy atom. The van der Waals surface area contributed by atoms with Gasteiger partial charge in [0.05, 0.1) is 18.2 Å². The molecule has 0 spiro atoms. The molecule has 0 bridgehead atoms. The molecule has 0 unspecified atom stereocenters. The Morgan fingerprint density at radius 1 is 1.17 bits per heavy atom. The van der Waals surface area contributed by atoms with Gasteiger partial charge in [-0.25, -0.2) is 5.43 Å². The van der Waals surface area contributed by atoms with Gasteiger partial charge in [0.2, 0.25) is 0 Å². The number of methoxy groups -OCH3 is 1. The van der Waals surface area contributed by atoms with E-state index in [-0.39, 0.29) is 18.0 Å². The maximum absolute atomic E-state index is 11.9. The second kappa shape index (κ2) is 9.78. The topological polar surface area (TPSA) is 116 Å². The summed E-state index contributed by atoms with van der Waals surface area (Å²) in [6.45, 7) is 0.224. The molecule has 1 heterocycles. The maximum atomic E-state index is 11.9. The van der Waals surface area contributed by atoms with Gasteiger partial charge < -0.3 is 9.47 Å². The number of hydrogen-bond acceptors (Lipinski definition) is 7. The number of aromatic nitrogens is 1. The fourth-order valence-corrected chi connectivity index (χ4v) is 2.48. The van der Waals surface area contributed by atoms with Crippen molar-refractivity contribution in [2.75, 3.05) is 7.11 Å². The molecule has 0 atom stereocenters. The van der Waals surface area contributed by atoms with E-state index in [1.54, 1.807) is 48.5 Å². The average molecular weight is 406 g/mol. The lowest BCUT2D eigenvalue weighted by Crippen LogP contribution is -2.18. The van der Waals surface area contributed by atoms with E-state index in [9.17, 15) is 14.9 Å². The van der Waals surface area contributed by atoms with Crippen molar-refractivity contribution < 1.29 is 19.2 Å². The van der Waals surface area contributed by atoms with E-state index in [4.69, 9.17) is 9.47 Å². The summed E-state index contributed by atoms with van der Waals surface area (Å²) in [5, 5.41) is 14.6. The summed E-state index contributed by atoms with van der Waals surface area (Å²) in [5.74, 6) is 0.573. The molecule has 0 saturated carbocycles. The number of benzene rings is 2. The molecule has 3 aromatic rings. The zero-order chi connectivity index (χ0) is 21.3. The van der Waals surface area contributed by atoms with E-state index in [2.05, 4.69) is 15.5 Å². The summed E-state index contributed by atoms with van der Waals surface area (Å²) in [5.41, 5.74) is 4.17. The Bertz CT molecular complexity index is 1050. The molecule has 0 aliphatic rings. The van der Waals surface area contributed by atoms with Crippen molar-refractivity contribution in [3.05, 3.63) is 93.8 Å². The van der Waals surface area contributed by atoms with E-state index in [0.717, 1.165) is 5.56 Å². The van der Waals surface area contributed by atoms with Crippen molar-refractivity contribution in [3.8, 4) is 11.5 Å². The first-order valence-corrected chi connectivity index (χ1v) is 8.85.